The lowest BCUT2D eigenvalue weighted by Gasteiger charge is -2.11. The van der Waals surface area contributed by atoms with Crippen LogP contribution in [0.25, 0.3) is 10.3 Å². The summed E-state index contributed by atoms with van der Waals surface area (Å²) < 4.78 is 30.9. The van der Waals surface area contributed by atoms with Gasteiger partial charge < -0.3 is 19.6 Å². The Balaban J connectivity index is 1.35. The molecular formula is C26H31N5O6S2. The van der Waals surface area contributed by atoms with Gasteiger partial charge in [0.05, 0.1) is 16.2 Å². The highest BCUT2D eigenvalue weighted by Crippen LogP contribution is 2.33. The topological polar surface area (TPSA) is 143 Å². The van der Waals surface area contributed by atoms with E-state index in [1.54, 1.807) is 24.3 Å². The van der Waals surface area contributed by atoms with Crippen LogP contribution in [-0.4, -0.2) is 84.7 Å². The van der Waals surface area contributed by atoms with Gasteiger partial charge in [-0.25, -0.2) is 18.4 Å². The molecule has 0 radical (unpaired) electrons. The van der Waals surface area contributed by atoms with Crippen LogP contribution in [0.1, 0.15) is 37.7 Å². The summed E-state index contributed by atoms with van der Waals surface area (Å²) in [6, 6.07) is 9.60. The minimum absolute atomic E-state index is 0.0216. The van der Waals surface area contributed by atoms with Crippen LogP contribution in [0.3, 0.4) is 0 Å². The van der Waals surface area contributed by atoms with Gasteiger partial charge in [0.2, 0.25) is 5.88 Å². The van der Waals surface area contributed by atoms with Crippen molar-refractivity contribution in [2.75, 3.05) is 32.6 Å². The molecule has 1 aromatic carbocycles. The van der Waals surface area contributed by atoms with Crippen molar-refractivity contribution in [3.63, 3.8) is 0 Å². The normalized spacial score (nSPS) is 19.9. The predicted octanol–water partition coefficient (Wildman–Crippen LogP) is 2.84. The van der Waals surface area contributed by atoms with Crippen LogP contribution < -0.4 is 10.1 Å². The molecule has 5 rings (SSSR count). The maximum absolute atomic E-state index is 13.4. The molecule has 0 bridgehead atoms. The Morgan fingerprint density at radius 3 is 2.56 bits per heavy atom. The fraction of sp³-hybridized carbons (Fsp3) is 0.462. The number of aliphatic hydroxyl groups is 1. The molecule has 2 aliphatic carbocycles. The molecule has 39 heavy (non-hydrogen) atoms. The molecule has 2 N–H and O–H groups in total. The SMILES string of the molecule is CN(C)CCOc1ccc2nc(NC(=O)C(=NO[C@@H]3CC[C@@H](O)C3)c3ccc(S(=O)(=O)C4CC4)cc3)sc2n1. The van der Waals surface area contributed by atoms with Crippen LogP contribution in [0.2, 0.25) is 0 Å². The Morgan fingerprint density at radius 2 is 1.90 bits per heavy atom. The first-order valence-electron chi connectivity index (χ1n) is 12.8. The van der Waals surface area contributed by atoms with E-state index in [1.165, 1.54) is 23.5 Å². The molecule has 11 nitrogen and oxygen atoms in total. The summed E-state index contributed by atoms with van der Waals surface area (Å²) in [4.78, 5) is 30.7. The van der Waals surface area contributed by atoms with Gasteiger partial charge in [0.1, 0.15) is 23.1 Å². The van der Waals surface area contributed by atoms with Gasteiger partial charge in [0, 0.05) is 24.6 Å². The number of carbonyl (C=O) groups is 1. The number of anilines is 1. The van der Waals surface area contributed by atoms with Crippen molar-refractivity contribution in [2.24, 2.45) is 5.16 Å². The Hall–Kier alpha value is -3.13. The quantitative estimate of drug-likeness (QED) is 0.261. The van der Waals surface area contributed by atoms with E-state index >= 15 is 0 Å². The van der Waals surface area contributed by atoms with Gasteiger partial charge >= 0.3 is 0 Å². The first-order valence-corrected chi connectivity index (χ1v) is 15.2. The molecule has 0 unspecified atom stereocenters. The van der Waals surface area contributed by atoms with Crippen LogP contribution in [0, 0.1) is 0 Å². The summed E-state index contributed by atoms with van der Waals surface area (Å²) in [6.07, 6.45) is 2.23. The number of oxime groups is 1. The number of rotatable bonds is 11. The molecule has 0 saturated heterocycles. The lowest BCUT2D eigenvalue weighted by molar-refractivity contribution is -0.110. The fourth-order valence-electron chi connectivity index (χ4n) is 4.16. The summed E-state index contributed by atoms with van der Waals surface area (Å²) in [5.41, 5.74) is 0.989. The number of pyridine rings is 1. The van der Waals surface area contributed by atoms with Crippen LogP contribution in [0.5, 0.6) is 5.88 Å². The monoisotopic (exact) mass is 573 g/mol. The van der Waals surface area contributed by atoms with Crippen LogP contribution in [0.15, 0.2) is 46.4 Å². The van der Waals surface area contributed by atoms with E-state index in [4.69, 9.17) is 9.57 Å². The van der Waals surface area contributed by atoms with E-state index in [0.29, 0.717) is 65.6 Å². The largest absolute Gasteiger partial charge is 0.476 e. The van der Waals surface area contributed by atoms with Gasteiger partial charge in [0.25, 0.3) is 5.91 Å². The minimum atomic E-state index is -3.36. The number of amides is 1. The number of nitrogens with one attached hydrogen (secondary N) is 1. The highest BCUT2D eigenvalue weighted by Gasteiger charge is 2.37. The molecule has 0 aliphatic heterocycles. The zero-order valence-electron chi connectivity index (χ0n) is 21.7. The molecule has 208 valence electrons. The van der Waals surface area contributed by atoms with Crippen molar-refractivity contribution in [1.82, 2.24) is 14.9 Å². The van der Waals surface area contributed by atoms with Crippen molar-refractivity contribution >= 4 is 48.3 Å². The van der Waals surface area contributed by atoms with E-state index in [1.807, 2.05) is 19.0 Å². The zero-order chi connectivity index (χ0) is 27.6. The van der Waals surface area contributed by atoms with Gasteiger partial charge in [-0.3, -0.25) is 10.1 Å². The number of sulfone groups is 1. The van der Waals surface area contributed by atoms with E-state index < -0.39 is 21.8 Å². The van der Waals surface area contributed by atoms with Gasteiger partial charge in [-0.2, -0.15) is 0 Å². The highest BCUT2D eigenvalue weighted by molar-refractivity contribution is 7.92. The molecule has 2 aromatic heterocycles. The van der Waals surface area contributed by atoms with E-state index in [-0.39, 0.29) is 22.0 Å². The molecule has 2 atom stereocenters. The van der Waals surface area contributed by atoms with Crippen LogP contribution in [-0.2, 0) is 19.5 Å². The average molecular weight is 574 g/mol. The number of hydrogen-bond acceptors (Lipinski definition) is 11. The number of likely N-dealkylation sites (N-methyl/N-ethyl adjacent to an activating group) is 1. The van der Waals surface area contributed by atoms with Crippen molar-refractivity contribution < 1.29 is 27.9 Å². The summed E-state index contributed by atoms with van der Waals surface area (Å²) in [5, 5.41) is 16.7. The standard InChI is InChI=1S/C26H31N5O6S2/c1-31(2)13-14-36-22-12-11-21-25(28-22)38-26(27-21)29-24(33)23(30-37-18-6-5-17(32)15-18)16-3-7-19(8-4-16)39(34,35)20-9-10-20/h3-4,7-8,11-12,17-18,20,32H,5-6,9-10,13-15H2,1-2H3,(H,27,29,33)/t17-,18-/m1/s1. The molecule has 1 amide bonds. The molecular weight excluding hydrogens is 542 g/mol. The van der Waals surface area contributed by atoms with E-state index in [9.17, 15) is 18.3 Å². The third kappa shape index (κ3) is 6.72. The Bertz CT molecular complexity index is 1470. The Labute approximate surface area is 230 Å². The van der Waals surface area contributed by atoms with Crippen molar-refractivity contribution in [3.05, 3.63) is 42.0 Å². The van der Waals surface area contributed by atoms with E-state index in [0.717, 1.165) is 6.54 Å². The third-order valence-corrected chi connectivity index (χ3v) is 9.68. The van der Waals surface area contributed by atoms with Crippen molar-refractivity contribution in [2.45, 2.75) is 54.5 Å². The summed E-state index contributed by atoms with van der Waals surface area (Å²) in [7, 11) is 0.557. The number of hydrogen-bond donors (Lipinski definition) is 2. The number of benzene rings is 1. The van der Waals surface area contributed by atoms with Gasteiger partial charge in [-0.1, -0.05) is 28.6 Å². The number of fused-ring (bicyclic) bond motifs is 1. The second kappa shape index (κ2) is 11.5. The van der Waals surface area contributed by atoms with Gasteiger partial charge in [0.15, 0.2) is 20.7 Å². The number of aromatic nitrogens is 2. The van der Waals surface area contributed by atoms with Gasteiger partial charge in [-0.05, 0) is 58.0 Å². The zero-order valence-corrected chi connectivity index (χ0v) is 23.4. The summed E-state index contributed by atoms with van der Waals surface area (Å²) in [5.74, 6) is -0.0885. The second-order valence-electron chi connectivity index (χ2n) is 10.0. The molecule has 2 aliphatic rings. The highest BCUT2D eigenvalue weighted by atomic mass is 32.2. The first-order chi connectivity index (χ1) is 18.7. The minimum Gasteiger partial charge on any atom is -0.476 e. The summed E-state index contributed by atoms with van der Waals surface area (Å²) >= 11 is 1.20. The number of thiazole rings is 1. The van der Waals surface area contributed by atoms with Crippen molar-refractivity contribution in [3.8, 4) is 5.88 Å². The first kappa shape index (κ1) is 27.4. The summed E-state index contributed by atoms with van der Waals surface area (Å²) in [6.45, 7) is 1.24. The third-order valence-electron chi connectivity index (χ3n) is 6.52. The van der Waals surface area contributed by atoms with Crippen LogP contribution >= 0.6 is 11.3 Å². The molecule has 2 saturated carbocycles. The fourth-order valence-corrected chi connectivity index (χ4v) is 6.64. The van der Waals surface area contributed by atoms with Crippen molar-refractivity contribution in [1.29, 1.82) is 0 Å². The molecule has 2 fully saturated rings. The second-order valence-corrected chi connectivity index (χ2v) is 13.2. The molecule has 0 spiro atoms. The molecule has 13 heteroatoms. The number of ether oxygens (including phenoxy) is 1. The molecule has 2 heterocycles. The number of nitrogens with zero attached hydrogens (tertiary/aromatic N) is 4. The lowest BCUT2D eigenvalue weighted by atomic mass is 10.1. The number of carbonyl (C=O) groups excluding carboxylic acids is 1. The Morgan fingerprint density at radius 1 is 1.13 bits per heavy atom. The van der Waals surface area contributed by atoms with E-state index in [2.05, 4.69) is 20.4 Å². The predicted molar refractivity (Wildman–Crippen MR) is 148 cm³/mol. The maximum atomic E-state index is 13.4. The smallest absolute Gasteiger partial charge is 0.280 e. The average Bonchev–Trinajstić information content (AvgIpc) is 3.58. The molecule has 3 aromatic rings. The van der Waals surface area contributed by atoms with Gasteiger partial charge in [-0.15, -0.1) is 0 Å². The number of aliphatic hydroxyl groups excluding tert-OH is 1. The van der Waals surface area contributed by atoms with Crippen LogP contribution in [0.4, 0.5) is 5.13 Å². The Kier molecular flexibility index (Phi) is 8.12. The lowest BCUT2D eigenvalue weighted by Crippen LogP contribution is -2.25. The maximum Gasteiger partial charge on any atom is 0.280 e.